The van der Waals surface area contributed by atoms with Crippen LogP contribution in [0.15, 0.2) is 60.7 Å². The number of hydrogen-bond donors (Lipinski definition) is 1. The van der Waals surface area contributed by atoms with E-state index < -0.39 is 8.56 Å². The lowest BCUT2D eigenvalue weighted by Crippen LogP contribution is -2.65. The molecule has 0 aliphatic carbocycles. The lowest BCUT2D eigenvalue weighted by molar-refractivity contribution is 0.0950. The van der Waals surface area contributed by atoms with Crippen LogP contribution in [-0.4, -0.2) is 58.0 Å². The molecule has 23 heavy (non-hydrogen) atoms. The minimum absolute atomic E-state index is 0.167. The van der Waals surface area contributed by atoms with Crippen LogP contribution in [0, 0.1) is 0 Å². The van der Waals surface area contributed by atoms with E-state index in [4.69, 9.17) is 14.0 Å². The Labute approximate surface area is 138 Å². The molecule has 0 saturated carbocycles. The van der Waals surface area contributed by atoms with Crippen LogP contribution in [0.3, 0.4) is 0 Å². The molecule has 122 valence electrons. The number of aliphatic hydroxyl groups is 1. The van der Waals surface area contributed by atoms with Gasteiger partial charge in [-0.25, -0.2) is 0 Å². The quantitative estimate of drug-likeness (QED) is 0.834. The summed E-state index contributed by atoms with van der Waals surface area (Å²) in [5.74, 6) is 0. The second-order valence-electron chi connectivity index (χ2n) is 5.61. The summed E-state index contributed by atoms with van der Waals surface area (Å²) in [5, 5.41) is 11.4. The van der Waals surface area contributed by atoms with Crippen molar-refractivity contribution in [1.82, 2.24) is 4.90 Å². The fourth-order valence-electron chi connectivity index (χ4n) is 2.97. The maximum atomic E-state index is 9.12. The van der Waals surface area contributed by atoms with Gasteiger partial charge in [-0.05, 0) is 10.4 Å². The van der Waals surface area contributed by atoms with E-state index in [0.29, 0.717) is 19.8 Å². The molecule has 4 nitrogen and oxygen atoms in total. The number of nitrogens with zero attached hydrogens (tertiary/aromatic N) is 1. The van der Waals surface area contributed by atoms with Crippen molar-refractivity contribution >= 4 is 18.9 Å². The van der Waals surface area contributed by atoms with E-state index in [1.807, 2.05) is 36.4 Å². The Hall–Kier alpha value is -1.50. The minimum atomic E-state index is -2.66. The normalized spacial score (nSPS) is 19.0. The molecule has 1 aliphatic heterocycles. The summed E-state index contributed by atoms with van der Waals surface area (Å²) in [6.07, 6.45) is 0. The van der Waals surface area contributed by atoms with Gasteiger partial charge in [0.15, 0.2) is 0 Å². The van der Waals surface area contributed by atoms with E-state index in [-0.39, 0.29) is 6.61 Å². The summed E-state index contributed by atoms with van der Waals surface area (Å²) in [4.78, 5) is 2.17. The van der Waals surface area contributed by atoms with E-state index in [9.17, 15) is 0 Å². The largest absolute Gasteiger partial charge is 0.407 e. The van der Waals surface area contributed by atoms with Gasteiger partial charge in [0.25, 0.3) is 0 Å². The third-order valence-corrected chi connectivity index (χ3v) is 7.56. The molecule has 0 unspecified atom stereocenters. The molecule has 0 amide bonds. The molecule has 2 aromatic carbocycles. The Morgan fingerprint density at radius 2 is 1.30 bits per heavy atom. The molecule has 1 aliphatic rings. The van der Waals surface area contributed by atoms with Gasteiger partial charge in [0.2, 0.25) is 0 Å². The number of aliphatic hydroxyl groups excluding tert-OH is 1. The zero-order valence-corrected chi connectivity index (χ0v) is 14.2. The van der Waals surface area contributed by atoms with Crippen molar-refractivity contribution in [1.29, 1.82) is 0 Å². The molecular formula is C18H23NO3Si. The standard InChI is InChI=1S/C18H23NO3Si/c20-14-11-19-12-15-21-23(22-16-13-19,17-7-3-1-4-8-17)18-9-5-2-6-10-18/h1-10,20H,11-16H2. The zero-order chi connectivity index (χ0) is 16.0. The minimum Gasteiger partial charge on any atom is -0.395 e. The molecule has 1 saturated heterocycles. The highest BCUT2D eigenvalue weighted by atomic mass is 28.4. The molecule has 1 heterocycles. The van der Waals surface area contributed by atoms with Gasteiger partial charge in [-0.3, -0.25) is 4.90 Å². The summed E-state index contributed by atoms with van der Waals surface area (Å²) in [5.41, 5.74) is 0. The number of rotatable bonds is 4. The van der Waals surface area contributed by atoms with E-state index in [1.165, 1.54) is 0 Å². The van der Waals surface area contributed by atoms with Gasteiger partial charge in [-0.2, -0.15) is 0 Å². The van der Waals surface area contributed by atoms with Crippen molar-refractivity contribution in [3.8, 4) is 0 Å². The van der Waals surface area contributed by atoms with Crippen LogP contribution < -0.4 is 10.4 Å². The topological polar surface area (TPSA) is 41.9 Å². The van der Waals surface area contributed by atoms with Crippen molar-refractivity contribution in [2.24, 2.45) is 0 Å². The maximum Gasteiger partial charge on any atom is 0.407 e. The first-order chi connectivity index (χ1) is 11.3. The van der Waals surface area contributed by atoms with Gasteiger partial charge in [0.05, 0.1) is 6.61 Å². The first kappa shape index (κ1) is 16.4. The Morgan fingerprint density at radius 3 is 1.74 bits per heavy atom. The van der Waals surface area contributed by atoms with Crippen LogP contribution in [0.25, 0.3) is 0 Å². The predicted molar refractivity (Wildman–Crippen MR) is 93.3 cm³/mol. The summed E-state index contributed by atoms with van der Waals surface area (Å²) in [7, 11) is -2.66. The molecular weight excluding hydrogens is 306 g/mol. The predicted octanol–water partition coefficient (Wildman–Crippen LogP) is 0.584. The Morgan fingerprint density at radius 1 is 0.826 bits per heavy atom. The molecule has 5 heteroatoms. The summed E-state index contributed by atoms with van der Waals surface area (Å²) in [6, 6.07) is 20.6. The second kappa shape index (κ2) is 7.85. The Balaban J connectivity index is 1.91. The van der Waals surface area contributed by atoms with Crippen molar-refractivity contribution in [3.63, 3.8) is 0 Å². The fraction of sp³-hybridized carbons (Fsp3) is 0.333. The highest BCUT2D eigenvalue weighted by Gasteiger charge is 2.43. The Bertz CT molecular complexity index is 542. The smallest absolute Gasteiger partial charge is 0.395 e. The van der Waals surface area contributed by atoms with Crippen LogP contribution >= 0.6 is 0 Å². The molecule has 0 aromatic heterocycles. The number of β-amino-alcohol motifs (C(OH)–C–C–N with tert-alkyl or cyclic N) is 1. The van der Waals surface area contributed by atoms with Crippen LogP contribution in [0.1, 0.15) is 0 Å². The summed E-state index contributed by atoms with van der Waals surface area (Å²) >= 11 is 0. The lowest BCUT2D eigenvalue weighted by atomic mass is 10.4. The third-order valence-electron chi connectivity index (χ3n) is 4.15. The molecule has 2 aromatic rings. The van der Waals surface area contributed by atoms with Crippen LogP contribution in [-0.2, 0) is 8.85 Å². The zero-order valence-electron chi connectivity index (χ0n) is 13.2. The first-order valence-corrected chi connectivity index (χ1v) is 9.89. The van der Waals surface area contributed by atoms with Gasteiger partial charge >= 0.3 is 8.56 Å². The number of hydrogen-bond acceptors (Lipinski definition) is 4. The van der Waals surface area contributed by atoms with Crippen LogP contribution in [0.4, 0.5) is 0 Å². The summed E-state index contributed by atoms with van der Waals surface area (Å²) < 4.78 is 12.8. The second-order valence-corrected chi connectivity index (χ2v) is 8.58. The molecule has 3 rings (SSSR count). The maximum absolute atomic E-state index is 9.12. The van der Waals surface area contributed by atoms with Crippen molar-refractivity contribution in [2.45, 2.75) is 0 Å². The highest BCUT2D eigenvalue weighted by molar-refractivity contribution is 6.92. The average Bonchev–Trinajstić information content (AvgIpc) is 2.59. The highest BCUT2D eigenvalue weighted by Crippen LogP contribution is 2.12. The lowest BCUT2D eigenvalue weighted by Gasteiger charge is -2.35. The van der Waals surface area contributed by atoms with Crippen molar-refractivity contribution in [2.75, 3.05) is 39.5 Å². The van der Waals surface area contributed by atoms with Gasteiger partial charge in [0, 0.05) is 32.8 Å². The van der Waals surface area contributed by atoms with Gasteiger partial charge in [0.1, 0.15) is 0 Å². The molecule has 0 radical (unpaired) electrons. The average molecular weight is 329 g/mol. The fourth-order valence-corrected chi connectivity index (χ4v) is 6.07. The first-order valence-electron chi connectivity index (χ1n) is 8.07. The van der Waals surface area contributed by atoms with E-state index in [2.05, 4.69) is 29.2 Å². The van der Waals surface area contributed by atoms with Gasteiger partial charge in [-0.1, -0.05) is 60.7 Å². The summed E-state index contributed by atoms with van der Waals surface area (Å²) in [6.45, 7) is 3.68. The van der Waals surface area contributed by atoms with Crippen LogP contribution in [0.5, 0.6) is 0 Å². The Kier molecular flexibility index (Phi) is 5.59. The monoisotopic (exact) mass is 329 g/mol. The van der Waals surface area contributed by atoms with Gasteiger partial charge in [-0.15, -0.1) is 0 Å². The molecule has 1 N–H and O–H groups in total. The van der Waals surface area contributed by atoms with E-state index in [0.717, 1.165) is 23.5 Å². The molecule has 1 fully saturated rings. The SMILES string of the molecule is OCCN1CCO[Si](c2ccccc2)(c2ccccc2)OCC1. The molecule has 0 bridgehead atoms. The van der Waals surface area contributed by atoms with E-state index >= 15 is 0 Å². The molecule has 0 spiro atoms. The molecule has 0 atom stereocenters. The van der Waals surface area contributed by atoms with E-state index in [1.54, 1.807) is 0 Å². The third kappa shape index (κ3) is 3.71. The van der Waals surface area contributed by atoms with Crippen molar-refractivity contribution in [3.05, 3.63) is 60.7 Å². The van der Waals surface area contributed by atoms with Crippen molar-refractivity contribution < 1.29 is 14.0 Å². The number of benzene rings is 2. The van der Waals surface area contributed by atoms with Gasteiger partial charge < -0.3 is 14.0 Å². The van der Waals surface area contributed by atoms with Crippen LogP contribution in [0.2, 0.25) is 0 Å².